The molecule has 3 heterocycles. The van der Waals surface area contributed by atoms with Crippen LogP contribution in [0, 0.1) is 0 Å². The maximum Gasteiger partial charge on any atom is 0.355 e. The molecule has 9 heteroatoms. The predicted molar refractivity (Wildman–Crippen MR) is 139 cm³/mol. The third kappa shape index (κ3) is 4.85. The topological polar surface area (TPSA) is 81.4 Å². The highest BCUT2D eigenvalue weighted by Crippen LogP contribution is 2.29. The van der Waals surface area contributed by atoms with Crippen LogP contribution in [0.15, 0.2) is 53.3 Å². The largest absolute Gasteiger partial charge is 0.378 e. The van der Waals surface area contributed by atoms with Crippen LogP contribution < -0.4 is 11.0 Å². The average Bonchev–Trinajstić information content (AvgIpc) is 3.29. The molecule has 0 aliphatic carbocycles. The first-order chi connectivity index (χ1) is 17.2. The van der Waals surface area contributed by atoms with Gasteiger partial charge in [0.1, 0.15) is 0 Å². The zero-order valence-electron chi connectivity index (χ0n) is 20.9. The second kappa shape index (κ2) is 9.84. The van der Waals surface area contributed by atoms with Crippen LogP contribution in [0.5, 0.6) is 0 Å². The second-order valence-electron chi connectivity index (χ2n) is 10.2. The Labute approximate surface area is 215 Å². The van der Waals surface area contributed by atoms with E-state index in [1.165, 1.54) is 34.6 Å². The number of aromatic nitrogens is 3. The van der Waals surface area contributed by atoms with Crippen molar-refractivity contribution in [2.75, 3.05) is 19.8 Å². The minimum absolute atomic E-state index is 0.210. The molecule has 2 aliphatic heterocycles. The summed E-state index contributed by atoms with van der Waals surface area (Å²) in [7, 11) is 0. The van der Waals surface area contributed by atoms with Crippen molar-refractivity contribution in [3.05, 3.63) is 75.4 Å². The van der Waals surface area contributed by atoms with Crippen LogP contribution in [0.2, 0.25) is 5.02 Å². The van der Waals surface area contributed by atoms with Crippen molar-refractivity contribution in [1.82, 2.24) is 24.6 Å². The molecule has 36 heavy (non-hydrogen) atoms. The minimum atomic E-state index is -0.893. The molecule has 2 unspecified atom stereocenters. The van der Waals surface area contributed by atoms with Crippen molar-refractivity contribution in [3.63, 3.8) is 0 Å². The fourth-order valence-corrected chi connectivity index (χ4v) is 5.61. The van der Waals surface area contributed by atoms with E-state index < -0.39 is 5.54 Å². The van der Waals surface area contributed by atoms with Gasteiger partial charge in [-0.25, -0.2) is 9.36 Å². The van der Waals surface area contributed by atoms with Gasteiger partial charge in [-0.2, -0.15) is 4.68 Å². The van der Waals surface area contributed by atoms with Gasteiger partial charge < -0.3 is 10.1 Å². The molecule has 5 rings (SSSR count). The van der Waals surface area contributed by atoms with Gasteiger partial charge in [0.25, 0.3) is 0 Å². The van der Waals surface area contributed by atoms with Crippen LogP contribution in [0.25, 0.3) is 11.4 Å². The number of hydrogen-bond donors (Lipinski definition) is 1. The van der Waals surface area contributed by atoms with Gasteiger partial charge in [0.15, 0.2) is 5.82 Å². The van der Waals surface area contributed by atoms with Crippen LogP contribution in [-0.2, 0) is 21.5 Å². The molecule has 1 aromatic heterocycles. The lowest BCUT2D eigenvalue weighted by molar-refractivity contribution is -0.120. The number of ether oxygens (including phenoxy) is 1. The Hall–Kier alpha value is -2.94. The summed E-state index contributed by atoms with van der Waals surface area (Å²) in [6, 6.07) is 16.1. The normalized spacial score (nSPS) is 20.0. The zero-order valence-corrected chi connectivity index (χ0v) is 21.7. The Bertz CT molecular complexity index is 1300. The van der Waals surface area contributed by atoms with E-state index in [9.17, 15) is 9.59 Å². The van der Waals surface area contributed by atoms with Crippen LogP contribution >= 0.6 is 11.6 Å². The van der Waals surface area contributed by atoms with E-state index in [0.717, 1.165) is 26.2 Å². The van der Waals surface area contributed by atoms with E-state index >= 15 is 0 Å². The van der Waals surface area contributed by atoms with E-state index in [1.54, 1.807) is 24.3 Å². The van der Waals surface area contributed by atoms with Gasteiger partial charge in [-0.3, -0.25) is 9.69 Å². The number of morpholine rings is 1. The molecular weight excluding hydrogens is 478 g/mol. The van der Waals surface area contributed by atoms with Crippen molar-refractivity contribution in [3.8, 4) is 11.4 Å². The third-order valence-corrected chi connectivity index (χ3v) is 7.36. The lowest BCUT2D eigenvalue weighted by Gasteiger charge is -2.34. The molecule has 0 spiro atoms. The quantitative estimate of drug-likeness (QED) is 0.527. The van der Waals surface area contributed by atoms with Crippen LogP contribution in [0.1, 0.15) is 45.0 Å². The van der Waals surface area contributed by atoms with Gasteiger partial charge in [0.2, 0.25) is 5.91 Å². The standard InChI is InChI=1S/C27H32ClN5O3/c1-18(34)29-27(2,3)25-30-33(26(35)32(25)22-6-4-5-20(28)15-22)21-9-7-19(8-10-21)13-14-31-23-11-12-24(31)17-36-16-23/h4-10,15,23-24H,11-14,16-17H2,1-3H3,(H,29,34). The maximum atomic E-state index is 13.6. The van der Waals surface area contributed by atoms with Gasteiger partial charge in [0.05, 0.1) is 30.1 Å². The number of rotatable bonds is 7. The van der Waals surface area contributed by atoms with E-state index in [2.05, 4.69) is 27.4 Å². The number of fused-ring (bicyclic) bond motifs is 2. The lowest BCUT2D eigenvalue weighted by Crippen LogP contribution is -2.46. The number of carbonyl (C=O) groups excluding carboxylic acids is 1. The first-order valence-electron chi connectivity index (χ1n) is 12.4. The number of nitrogens with zero attached hydrogens (tertiary/aromatic N) is 4. The number of nitrogens with one attached hydrogen (secondary N) is 1. The Morgan fingerprint density at radius 1 is 1.11 bits per heavy atom. The summed E-state index contributed by atoms with van der Waals surface area (Å²) in [4.78, 5) is 28.1. The highest BCUT2D eigenvalue weighted by atomic mass is 35.5. The molecule has 2 aliphatic rings. The molecule has 8 nitrogen and oxygen atoms in total. The van der Waals surface area contributed by atoms with E-state index in [1.807, 2.05) is 26.0 Å². The van der Waals surface area contributed by atoms with Crippen molar-refractivity contribution < 1.29 is 9.53 Å². The monoisotopic (exact) mass is 509 g/mol. The SMILES string of the molecule is CC(=O)NC(C)(C)c1nn(-c2ccc(CCN3C4CCC3COC4)cc2)c(=O)n1-c1cccc(Cl)c1. The smallest absolute Gasteiger partial charge is 0.355 e. The lowest BCUT2D eigenvalue weighted by atomic mass is 10.0. The molecule has 3 aromatic rings. The molecule has 2 saturated heterocycles. The Morgan fingerprint density at radius 2 is 1.81 bits per heavy atom. The van der Waals surface area contributed by atoms with Crippen molar-refractivity contribution >= 4 is 17.5 Å². The number of amides is 1. The number of hydrogen-bond acceptors (Lipinski definition) is 5. The molecule has 0 saturated carbocycles. The van der Waals surface area contributed by atoms with E-state index in [4.69, 9.17) is 16.3 Å². The zero-order chi connectivity index (χ0) is 25.4. The minimum Gasteiger partial charge on any atom is -0.378 e. The molecular formula is C27H32ClN5O3. The summed E-state index contributed by atoms with van der Waals surface area (Å²) in [6.45, 7) is 7.78. The van der Waals surface area contributed by atoms with Gasteiger partial charge >= 0.3 is 5.69 Å². The van der Waals surface area contributed by atoms with Gasteiger partial charge in [-0.15, -0.1) is 5.10 Å². The fourth-order valence-electron chi connectivity index (χ4n) is 5.42. The number of benzene rings is 2. The fraction of sp³-hybridized carbons (Fsp3) is 0.444. The molecule has 2 aromatic carbocycles. The summed E-state index contributed by atoms with van der Waals surface area (Å²) in [6.07, 6.45) is 3.39. The van der Waals surface area contributed by atoms with E-state index in [-0.39, 0.29) is 11.6 Å². The average molecular weight is 510 g/mol. The molecule has 2 atom stereocenters. The number of halogens is 1. The Morgan fingerprint density at radius 3 is 2.44 bits per heavy atom. The first-order valence-corrected chi connectivity index (χ1v) is 12.8. The Kier molecular flexibility index (Phi) is 6.76. The summed E-state index contributed by atoms with van der Waals surface area (Å²) in [5.74, 6) is 0.203. The molecule has 2 fully saturated rings. The maximum absolute atomic E-state index is 13.6. The summed E-state index contributed by atoms with van der Waals surface area (Å²) >= 11 is 6.22. The summed E-state index contributed by atoms with van der Waals surface area (Å²) < 4.78 is 8.58. The number of carbonyl (C=O) groups is 1. The van der Waals surface area contributed by atoms with Gasteiger partial charge in [0, 0.05) is 30.6 Å². The highest BCUT2D eigenvalue weighted by Gasteiger charge is 2.36. The highest BCUT2D eigenvalue weighted by molar-refractivity contribution is 6.30. The first kappa shape index (κ1) is 24.7. The summed E-state index contributed by atoms with van der Waals surface area (Å²) in [5.41, 5.74) is 1.24. The van der Waals surface area contributed by atoms with Gasteiger partial charge in [-0.05, 0) is 69.0 Å². The van der Waals surface area contributed by atoms with Crippen LogP contribution in [-0.4, -0.2) is 57.0 Å². The van der Waals surface area contributed by atoms with Gasteiger partial charge in [-0.1, -0.05) is 29.8 Å². The predicted octanol–water partition coefficient (Wildman–Crippen LogP) is 3.45. The molecule has 2 bridgehead atoms. The van der Waals surface area contributed by atoms with Crippen molar-refractivity contribution in [1.29, 1.82) is 0 Å². The second-order valence-corrected chi connectivity index (χ2v) is 10.7. The third-order valence-electron chi connectivity index (χ3n) is 7.12. The molecule has 190 valence electrons. The van der Waals surface area contributed by atoms with E-state index in [0.29, 0.717) is 34.3 Å². The Balaban J connectivity index is 1.44. The van der Waals surface area contributed by atoms with Crippen molar-refractivity contribution in [2.24, 2.45) is 0 Å². The van der Waals surface area contributed by atoms with Crippen molar-refractivity contribution in [2.45, 2.75) is 57.7 Å². The van der Waals surface area contributed by atoms with Crippen LogP contribution in [0.4, 0.5) is 0 Å². The summed E-state index contributed by atoms with van der Waals surface area (Å²) in [5, 5.41) is 8.08. The van der Waals surface area contributed by atoms with Crippen LogP contribution in [0.3, 0.4) is 0 Å². The molecule has 0 radical (unpaired) electrons. The molecule has 1 N–H and O–H groups in total. The molecule has 1 amide bonds.